The van der Waals surface area contributed by atoms with E-state index in [0.29, 0.717) is 6.54 Å². The molecule has 2 aromatic heterocycles. The topological polar surface area (TPSA) is 52.9 Å². The zero-order valence-electron chi connectivity index (χ0n) is 14.8. The Bertz CT molecular complexity index is 677. The van der Waals surface area contributed by atoms with Gasteiger partial charge in [-0.05, 0) is 37.4 Å². The van der Waals surface area contributed by atoms with Crippen molar-refractivity contribution in [2.45, 2.75) is 19.4 Å². The molecule has 3 heterocycles. The van der Waals surface area contributed by atoms with Crippen molar-refractivity contribution in [2.24, 2.45) is 5.92 Å². The molecule has 8 heteroatoms. The molecule has 0 bridgehead atoms. The van der Waals surface area contributed by atoms with Crippen LogP contribution >= 0.6 is 24.8 Å². The van der Waals surface area contributed by atoms with Crippen molar-refractivity contribution >= 4 is 36.4 Å². The van der Waals surface area contributed by atoms with E-state index in [1.807, 2.05) is 29.3 Å². The van der Waals surface area contributed by atoms with Gasteiger partial charge >= 0.3 is 0 Å². The smallest absolute Gasteiger partial charge is 0.236 e. The van der Waals surface area contributed by atoms with Crippen molar-refractivity contribution in [1.29, 1.82) is 0 Å². The molecule has 4 rings (SSSR count). The van der Waals surface area contributed by atoms with Gasteiger partial charge in [-0.25, -0.2) is 4.98 Å². The molecule has 0 aromatic carbocycles. The van der Waals surface area contributed by atoms with Crippen LogP contribution in [0.4, 0.5) is 0 Å². The Hall–Kier alpha value is -1.34. The minimum Gasteiger partial charge on any atom is -0.339 e. The molecule has 6 nitrogen and oxygen atoms in total. The lowest BCUT2D eigenvalue weighted by molar-refractivity contribution is -0.132. The standard InChI is InChI=1S/C18H25N5O.2ClH/c24-18(12-19-11-15-4-5-15)22-9-7-21(8-10-22)13-16-14-23-6-2-1-3-17(23)20-16;;/h1-3,6,14-15,19H,4-5,7-13H2;2*1H. The second-order valence-electron chi connectivity index (χ2n) is 6.93. The number of fused-ring (bicyclic) bond motifs is 1. The summed E-state index contributed by atoms with van der Waals surface area (Å²) in [6, 6.07) is 6.04. The number of pyridine rings is 1. The van der Waals surface area contributed by atoms with Gasteiger partial charge in [0.1, 0.15) is 5.65 Å². The summed E-state index contributed by atoms with van der Waals surface area (Å²) in [5.74, 6) is 1.06. The lowest BCUT2D eigenvalue weighted by Gasteiger charge is -2.34. The third kappa shape index (κ3) is 5.33. The van der Waals surface area contributed by atoms with Crippen molar-refractivity contribution in [3.63, 3.8) is 0 Å². The van der Waals surface area contributed by atoms with Gasteiger partial charge in [0.25, 0.3) is 0 Å². The maximum Gasteiger partial charge on any atom is 0.236 e. The van der Waals surface area contributed by atoms with Crippen molar-refractivity contribution in [1.82, 2.24) is 24.5 Å². The van der Waals surface area contributed by atoms with E-state index in [4.69, 9.17) is 0 Å². The number of hydrogen-bond donors (Lipinski definition) is 1. The first-order valence-corrected chi connectivity index (χ1v) is 8.91. The first kappa shape index (κ1) is 21.0. The molecule has 1 saturated heterocycles. The molecular formula is C18H27Cl2N5O. The van der Waals surface area contributed by atoms with Crippen LogP contribution in [0.2, 0.25) is 0 Å². The summed E-state index contributed by atoms with van der Waals surface area (Å²) < 4.78 is 2.06. The van der Waals surface area contributed by atoms with E-state index in [2.05, 4.69) is 25.8 Å². The number of piperazine rings is 1. The van der Waals surface area contributed by atoms with E-state index < -0.39 is 0 Å². The Morgan fingerprint density at radius 2 is 1.92 bits per heavy atom. The van der Waals surface area contributed by atoms with Gasteiger partial charge in [0.2, 0.25) is 5.91 Å². The quantitative estimate of drug-likeness (QED) is 0.804. The molecule has 2 aliphatic rings. The number of nitrogens with zero attached hydrogens (tertiary/aromatic N) is 4. The van der Waals surface area contributed by atoms with Crippen LogP contribution < -0.4 is 5.32 Å². The molecule has 1 amide bonds. The summed E-state index contributed by atoms with van der Waals surface area (Å²) >= 11 is 0. The molecule has 2 aromatic rings. The van der Waals surface area contributed by atoms with Gasteiger partial charge in [-0.2, -0.15) is 0 Å². The maximum absolute atomic E-state index is 12.2. The zero-order chi connectivity index (χ0) is 16.4. The Morgan fingerprint density at radius 1 is 1.15 bits per heavy atom. The normalized spacial score (nSPS) is 17.6. The Morgan fingerprint density at radius 3 is 2.62 bits per heavy atom. The fourth-order valence-corrected chi connectivity index (χ4v) is 3.26. The van der Waals surface area contributed by atoms with Crippen molar-refractivity contribution < 1.29 is 4.79 Å². The Kier molecular flexibility index (Phi) is 7.70. The van der Waals surface area contributed by atoms with Crippen LogP contribution in [0.1, 0.15) is 18.5 Å². The van der Waals surface area contributed by atoms with Gasteiger partial charge in [-0.15, -0.1) is 24.8 Å². The summed E-state index contributed by atoms with van der Waals surface area (Å²) in [7, 11) is 0. The van der Waals surface area contributed by atoms with Crippen LogP contribution in [0.5, 0.6) is 0 Å². The number of hydrogen-bond acceptors (Lipinski definition) is 4. The SMILES string of the molecule is Cl.Cl.O=C(CNCC1CC1)N1CCN(Cc2cn3ccccc3n2)CC1. The average Bonchev–Trinajstić information content (AvgIpc) is 3.33. The van der Waals surface area contributed by atoms with E-state index in [0.717, 1.165) is 56.5 Å². The number of aromatic nitrogens is 2. The highest BCUT2D eigenvalue weighted by atomic mass is 35.5. The van der Waals surface area contributed by atoms with Crippen molar-refractivity contribution in [3.05, 3.63) is 36.3 Å². The molecule has 2 fully saturated rings. The van der Waals surface area contributed by atoms with E-state index >= 15 is 0 Å². The summed E-state index contributed by atoms with van der Waals surface area (Å²) in [5.41, 5.74) is 2.08. The molecule has 1 saturated carbocycles. The largest absolute Gasteiger partial charge is 0.339 e. The predicted octanol–water partition coefficient (Wildman–Crippen LogP) is 1.82. The number of halogens is 2. The minimum absolute atomic E-state index is 0. The van der Waals surface area contributed by atoms with Crippen LogP contribution in [0.15, 0.2) is 30.6 Å². The molecular weight excluding hydrogens is 373 g/mol. The van der Waals surface area contributed by atoms with Gasteiger partial charge in [0.05, 0.1) is 12.2 Å². The van der Waals surface area contributed by atoms with Crippen LogP contribution in [-0.4, -0.2) is 64.4 Å². The highest BCUT2D eigenvalue weighted by molar-refractivity contribution is 5.85. The maximum atomic E-state index is 12.2. The van der Waals surface area contributed by atoms with E-state index in [1.165, 1.54) is 12.8 Å². The first-order valence-electron chi connectivity index (χ1n) is 8.91. The molecule has 0 atom stereocenters. The number of rotatable bonds is 6. The third-order valence-electron chi connectivity index (χ3n) is 4.93. The second-order valence-corrected chi connectivity index (χ2v) is 6.93. The summed E-state index contributed by atoms with van der Waals surface area (Å²) in [4.78, 5) is 21.2. The summed E-state index contributed by atoms with van der Waals surface area (Å²) in [6.07, 6.45) is 6.76. The van der Waals surface area contributed by atoms with Gasteiger partial charge in [-0.1, -0.05) is 6.07 Å². The number of nitrogens with one attached hydrogen (secondary N) is 1. The molecule has 0 unspecified atom stereocenters. The van der Waals surface area contributed by atoms with Crippen LogP contribution in [0, 0.1) is 5.92 Å². The fourth-order valence-electron chi connectivity index (χ4n) is 3.26. The molecule has 144 valence electrons. The predicted molar refractivity (Wildman–Crippen MR) is 107 cm³/mol. The number of carbonyl (C=O) groups excluding carboxylic acids is 1. The summed E-state index contributed by atoms with van der Waals surface area (Å²) in [5, 5.41) is 3.29. The van der Waals surface area contributed by atoms with Crippen LogP contribution in [0.25, 0.3) is 5.65 Å². The highest BCUT2D eigenvalue weighted by Gasteiger charge is 2.23. The molecule has 26 heavy (non-hydrogen) atoms. The number of amides is 1. The van der Waals surface area contributed by atoms with E-state index in [-0.39, 0.29) is 30.7 Å². The number of imidazole rings is 1. The van der Waals surface area contributed by atoms with Crippen molar-refractivity contribution in [2.75, 3.05) is 39.3 Å². The van der Waals surface area contributed by atoms with E-state index in [9.17, 15) is 4.79 Å². The lowest BCUT2D eigenvalue weighted by Crippen LogP contribution is -2.50. The average molecular weight is 400 g/mol. The molecule has 0 radical (unpaired) electrons. The Labute approximate surface area is 166 Å². The fraction of sp³-hybridized carbons (Fsp3) is 0.556. The Balaban J connectivity index is 0.00000121. The molecule has 1 aliphatic heterocycles. The number of carbonyl (C=O) groups is 1. The van der Waals surface area contributed by atoms with Crippen LogP contribution in [0.3, 0.4) is 0 Å². The molecule has 1 aliphatic carbocycles. The first-order chi connectivity index (χ1) is 11.8. The van der Waals surface area contributed by atoms with Crippen molar-refractivity contribution in [3.8, 4) is 0 Å². The highest BCUT2D eigenvalue weighted by Crippen LogP contribution is 2.27. The second kappa shape index (κ2) is 9.55. The minimum atomic E-state index is 0. The van der Waals surface area contributed by atoms with Gasteiger partial charge in [0, 0.05) is 45.1 Å². The van der Waals surface area contributed by atoms with Gasteiger partial charge < -0.3 is 14.6 Å². The van der Waals surface area contributed by atoms with Crippen LogP contribution in [-0.2, 0) is 11.3 Å². The van der Waals surface area contributed by atoms with E-state index in [1.54, 1.807) is 0 Å². The summed E-state index contributed by atoms with van der Waals surface area (Å²) in [6.45, 7) is 5.81. The third-order valence-corrected chi connectivity index (χ3v) is 4.93. The lowest BCUT2D eigenvalue weighted by atomic mass is 10.3. The molecule has 1 N–H and O–H groups in total. The van der Waals surface area contributed by atoms with Gasteiger partial charge in [0.15, 0.2) is 0 Å². The zero-order valence-corrected chi connectivity index (χ0v) is 16.5. The molecule has 0 spiro atoms. The van der Waals surface area contributed by atoms with Gasteiger partial charge in [-0.3, -0.25) is 9.69 Å². The monoisotopic (exact) mass is 399 g/mol.